The Morgan fingerprint density at radius 3 is 2.76 bits per heavy atom. The third-order valence-electron chi connectivity index (χ3n) is 6.07. The molecule has 1 aromatic heterocycles. The SMILES string of the molecule is CC[C@H]1Oc2cc(S(=O)(=O)N3CCC[C@H](C(=O)NCc4ccc(C)o4)C3)c(C)cc2NC1=O. The zero-order valence-corrected chi connectivity index (χ0v) is 19.8. The number of fused-ring (bicyclic) bond motifs is 1. The van der Waals surface area contributed by atoms with Crippen LogP contribution >= 0.6 is 0 Å². The molecule has 2 atom stereocenters. The van der Waals surface area contributed by atoms with Crippen molar-refractivity contribution in [2.75, 3.05) is 18.4 Å². The van der Waals surface area contributed by atoms with Crippen LogP contribution in [0, 0.1) is 19.8 Å². The number of piperidine rings is 1. The lowest BCUT2D eigenvalue weighted by molar-refractivity contribution is -0.126. The molecule has 2 amide bonds. The number of hydrogen-bond acceptors (Lipinski definition) is 6. The molecule has 2 aromatic rings. The normalized spacial score (nSPS) is 21.1. The van der Waals surface area contributed by atoms with Crippen molar-refractivity contribution >= 4 is 27.5 Å². The maximum atomic E-state index is 13.5. The zero-order valence-electron chi connectivity index (χ0n) is 19.0. The molecule has 9 nitrogen and oxygen atoms in total. The number of carbonyl (C=O) groups excluding carboxylic acids is 2. The van der Waals surface area contributed by atoms with Gasteiger partial charge in [0.1, 0.15) is 17.3 Å². The molecule has 2 aliphatic rings. The van der Waals surface area contributed by atoms with Crippen molar-refractivity contribution in [1.29, 1.82) is 0 Å². The summed E-state index contributed by atoms with van der Waals surface area (Å²) < 4.78 is 39.6. The largest absolute Gasteiger partial charge is 0.478 e. The molecule has 33 heavy (non-hydrogen) atoms. The summed E-state index contributed by atoms with van der Waals surface area (Å²) in [7, 11) is -3.85. The average Bonchev–Trinajstić information content (AvgIpc) is 3.21. The van der Waals surface area contributed by atoms with E-state index in [9.17, 15) is 18.0 Å². The van der Waals surface area contributed by atoms with Crippen molar-refractivity contribution < 1.29 is 27.2 Å². The second kappa shape index (κ2) is 9.18. The Bertz CT molecular complexity index is 1170. The monoisotopic (exact) mass is 475 g/mol. The summed E-state index contributed by atoms with van der Waals surface area (Å²) in [4.78, 5) is 24.9. The highest BCUT2D eigenvalue weighted by Crippen LogP contribution is 2.36. The number of hydrogen-bond donors (Lipinski definition) is 2. The van der Waals surface area contributed by atoms with Crippen molar-refractivity contribution in [3.05, 3.63) is 41.3 Å². The van der Waals surface area contributed by atoms with Gasteiger partial charge in [-0.05, 0) is 56.9 Å². The van der Waals surface area contributed by atoms with Crippen molar-refractivity contribution in [3.63, 3.8) is 0 Å². The molecule has 0 radical (unpaired) electrons. The van der Waals surface area contributed by atoms with E-state index in [4.69, 9.17) is 9.15 Å². The van der Waals surface area contributed by atoms with Crippen LogP contribution in [0.5, 0.6) is 5.75 Å². The van der Waals surface area contributed by atoms with E-state index in [0.29, 0.717) is 48.6 Å². The first-order valence-corrected chi connectivity index (χ1v) is 12.6. The first-order chi connectivity index (χ1) is 15.7. The van der Waals surface area contributed by atoms with Gasteiger partial charge in [0.25, 0.3) is 5.91 Å². The van der Waals surface area contributed by atoms with Gasteiger partial charge in [0, 0.05) is 19.2 Å². The van der Waals surface area contributed by atoms with E-state index in [-0.39, 0.29) is 29.8 Å². The van der Waals surface area contributed by atoms with E-state index in [1.54, 1.807) is 19.1 Å². The quantitative estimate of drug-likeness (QED) is 0.663. The third-order valence-corrected chi connectivity index (χ3v) is 8.08. The molecule has 0 spiro atoms. The first-order valence-electron chi connectivity index (χ1n) is 11.1. The second-order valence-electron chi connectivity index (χ2n) is 8.55. The molecule has 2 N–H and O–H groups in total. The Kier molecular flexibility index (Phi) is 6.49. The highest BCUT2D eigenvalue weighted by atomic mass is 32.2. The van der Waals surface area contributed by atoms with Crippen LogP contribution in [-0.4, -0.2) is 43.7 Å². The molecule has 0 unspecified atom stereocenters. The second-order valence-corrected chi connectivity index (χ2v) is 10.5. The number of carbonyl (C=O) groups is 2. The Morgan fingerprint density at radius 2 is 2.06 bits per heavy atom. The lowest BCUT2D eigenvalue weighted by Crippen LogP contribution is -2.45. The number of sulfonamides is 1. The summed E-state index contributed by atoms with van der Waals surface area (Å²) >= 11 is 0. The van der Waals surface area contributed by atoms with Crippen molar-refractivity contribution in [1.82, 2.24) is 9.62 Å². The molecule has 1 saturated heterocycles. The summed E-state index contributed by atoms with van der Waals surface area (Å²) in [6.45, 7) is 6.06. The van der Waals surface area contributed by atoms with E-state index >= 15 is 0 Å². The van der Waals surface area contributed by atoms with Gasteiger partial charge < -0.3 is 19.8 Å². The van der Waals surface area contributed by atoms with Gasteiger partial charge in [-0.15, -0.1) is 0 Å². The number of aryl methyl sites for hydroxylation is 2. The molecule has 1 aromatic carbocycles. The Labute approximate surface area is 193 Å². The van der Waals surface area contributed by atoms with Gasteiger partial charge in [0.2, 0.25) is 15.9 Å². The minimum atomic E-state index is -3.85. The van der Waals surface area contributed by atoms with Crippen LogP contribution in [0.25, 0.3) is 0 Å². The van der Waals surface area contributed by atoms with Gasteiger partial charge in [-0.25, -0.2) is 8.42 Å². The van der Waals surface area contributed by atoms with Crippen LogP contribution in [0.3, 0.4) is 0 Å². The molecule has 4 rings (SSSR count). The number of nitrogens with zero attached hydrogens (tertiary/aromatic N) is 1. The minimum Gasteiger partial charge on any atom is -0.478 e. The fourth-order valence-electron chi connectivity index (χ4n) is 4.24. The topological polar surface area (TPSA) is 118 Å². The summed E-state index contributed by atoms with van der Waals surface area (Å²) in [5.74, 6) is 0.887. The van der Waals surface area contributed by atoms with Crippen molar-refractivity contribution in [2.45, 2.75) is 57.6 Å². The van der Waals surface area contributed by atoms with E-state index in [1.165, 1.54) is 10.4 Å². The molecule has 2 aliphatic heterocycles. The third kappa shape index (κ3) is 4.77. The van der Waals surface area contributed by atoms with Crippen LogP contribution in [0.15, 0.2) is 33.6 Å². The maximum Gasteiger partial charge on any atom is 0.265 e. The number of nitrogens with one attached hydrogen (secondary N) is 2. The predicted octanol–water partition coefficient (Wildman–Crippen LogP) is 2.72. The van der Waals surface area contributed by atoms with Crippen LogP contribution in [0.2, 0.25) is 0 Å². The summed E-state index contributed by atoms with van der Waals surface area (Å²) in [6.07, 6.45) is 1.02. The van der Waals surface area contributed by atoms with Gasteiger partial charge in [-0.2, -0.15) is 4.31 Å². The minimum absolute atomic E-state index is 0.108. The first kappa shape index (κ1) is 23.3. The molecule has 10 heteroatoms. The molecular formula is C23H29N3O6S. The highest BCUT2D eigenvalue weighted by molar-refractivity contribution is 7.89. The van der Waals surface area contributed by atoms with Gasteiger partial charge in [0.15, 0.2) is 6.10 Å². The van der Waals surface area contributed by atoms with E-state index < -0.39 is 22.0 Å². The lowest BCUT2D eigenvalue weighted by Gasteiger charge is -2.32. The molecule has 0 saturated carbocycles. The van der Waals surface area contributed by atoms with Gasteiger partial charge in [0.05, 0.1) is 23.0 Å². The Hall–Kier alpha value is -2.85. The fourth-order valence-corrected chi connectivity index (χ4v) is 5.99. The van der Waals surface area contributed by atoms with Crippen LogP contribution in [-0.2, 0) is 26.2 Å². The van der Waals surface area contributed by atoms with E-state index in [2.05, 4.69) is 10.6 Å². The van der Waals surface area contributed by atoms with Crippen molar-refractivity contribution in [2.24, 2.45) is 5.92 Å². The van der Waals surface area contributed by atoms with Crippen LogP contribution < -0.4 is 15.4 Å². The van der Waals surface area contributed by atoms with Crippen LogP contribution in [0.4, 0.5) is 5.69 Å². The number of furan rings is 1. The summed E-state index contributed by atoms with van der Waals surface area (Å²) in [6, 6.07) is 6.73. The predicted molar refractivity (Wildman–Crippen MR) is 121 cm³/mol. The molecule has 0 aliphatic carbocycles. The molecular weight excluding hydrogens is 446 g/mol. The Balaban J connectivity index is 1.50. The van der Waals surface area contributed by atoms with E-state index in [0.717, 1.165) is 5.76 Å². The molecule has 1 fully saturated rings. The number of rotatable bonds is 6. The van der Waals surface area contributed by atoms with Gasteiger partial charge in [-0.3, -0.25) is 9.59 Å². The Morgan fingerprint density at radius 1 is 1.27 bits per heavy atom. The average molecular weight is 476 g/mol. The molecule has 178 valence electrons. The molecule has 0 bridgehead atoms. The van der Waals surface area contributed by atoms with E-state index in [1.807, 2.05) is 19.9 Å². The number of benzene rings is 1. The number of amides is 2. The summed E-state index contributed by atoms with van der Waals surface area (Å²) in [5, 5.41) is 5.63. The van der Waals surface area contributed by atoms with Crippen molar-refractivity contribution in [3.8, 4) is 5.75 Å². The van der Waals surface area contributed by atoms with Crippen LogP contribution in [0.1, 0.15) is 43.3 Å². The summed E-state index contributed by atoms with van der Waals surface area (Å²) in [5.41, 5.74) is 0.970. The number of ether oxygens (including phenoxy) is 1. The smallest absolute Gasteiger partial charge is 0.265 e. The fraction of sp³-hybridized carbons (Fsp3) is 0.478. The molecule has 3 heterocycles. The number of anilines is 1. The lowest BCUT2D eigenvalue weighted by atomic mass is 9.99. The standard InChI is InChI=1S/C23H29N3O6S/c1-4-19-23(28)25-18-10-14(2)21(11-20(18)32-19)33(29,30)26-9-5-6-16(13-26)22(27)24-12-17-8-7-15(3)31-17/h7-8,10-11,16,19H,4-6,9,12-13H2,1-3H3,(H,24,27)(H,25,28)/t16-,19+/m0/s1. The maximum absolute atomic E-state index is 13.5. The highest BCUT2D eigenvalue weighted by Gasteiger charge is 2.35. The van der Waals surface area contributed by atoms with Gasteiger partial charge >= 0.3 is 0 Å². The zero-order chi connectivity index (χ0) is 23.8. The van der Waals surface area contributed by atoms with Gasteiger partial charge in [-0.1, -0.05) is 6.92 Å².